The van der Waals surface area contributed by atoms with Crippen molar-refractivity contribution >= 4 is 11.8 Å². The summed E-state index contributed by atoms with van der Waals surface area (Å²) in [6.45, 7) is 2.81. The Bertz CT molecular complexity index is 255. The summed E-state index contributed by atoms with van der Waals surface area (Å²) in [5.74, 6) is 0.542. The fourth-order valence-corrected chi connectivity index (χ4v) is 1.51. The van der Waals surface area contributed by atoms with Gasteiger partial charge in [-0.1, -0.05) is 6.92 Å². The summed E-state index contributed by atoms with van der Waals surface area (Å²) in [6, 6.07) is 5.34. The van der Waals surface area contributed by atoms with Crippen LogP contribution in [-0.2, 0) is 4.74 Å². The molecule has 0 atom stereocenters. The van der Waals surface area contributed by atoms with Crippen molar-refractivity contribution in [2.75, 3.05) is 12.5 Å². The van der Waals surface area contributed by atoms with Crippen molar-refractivity contribution in [2.24, 2.45) is 0 Å². The number of hydrogen-bond acceptors (Lipinski definition) is 3. The van der Waals surface area contributed by atoms with Crippen molar-refractivity contribution in [1.29, 1.82) is 0 Å². The minimum absolute atomic E-state index is 0.542. The Hall–Kier alpha value is -0.740. The van der Waals surface area contributed by atoms with Gasteiger partial charge in [0.2, 0.25) is 0 Å². The number of aromatic nitrogens is 1. The van der Waals surface area contributed by atoms with Gasteiger partial charge in [-0.05, 0) is 24.2 Å². The monoisotopic (exact) mass is 199 g/mol. The second-order valence-electron chi connectivity index (χ2n) is 2.54. The predicted molar refractivity (Wildman–Crippen MR) is 52.4 cm³/mol. The maximum atomic E-state index is 11.1. The van der Waals surface area contributed by atoms with Gasteiger partial charge in [-0.25, -0.2) is 0 Å². The first-order chi connectivity index (χ1) is 6.34. The lowest BCUT2D eigenvalue weighted by Crippen LogP contribution is -2.27. The van der Waals surface area contributed by atoms with Crippen LogP contribution in [0, 0.1) is 5.21 Å². The highest BCUT2D eigenvalue weighted by atomic mass is 32.2. The highest BCUT2D eigenvalue weighted by Crippen LogP contribution is 2.12. The summed E-state index contributed by atoms with van der Waals surface area (Å²) in [5, 5.41) is 11.8. The van der Waals surface area contributed by atoms with E-state index in [1.54, 1.807) is 12.1 Å². The van der Waals surface area contributed by atoms with Gasteiger partial charge in [0, 0.05) is 18.7 Å². The molecule has 3 nitrogen and oxygen atoms in total. The SMILES string of the molecule is CCCOCSc1cccc[n+]1[O-]. The van der Waals surface area contributed by atoms with Gasteiger partial charge in [0.15, 0.2) is 6.20 Å². The molecule has 0 aliphatic carbocycles. The summed E-state index contributed by atoms with van der Waals surface area (Å²) in [4.78, 5) is 0. The molecule has 0 aliphatic rings. The summed E-state index contributed by atoms with van der Waals surface area (Å²) >= 11 is 1.42. The van der Waals surface area contributed by atoms with Crippen molar-refractivity contribution < 1.29 is 9.47 Å². The second-order valence-corrected chi connectivity index (χ2v) is 3.48. The van der Waals surface area contributed by atoms with Crippen molar-refractivity contribution in [3.05, 3.63) is 29.6 Å². The molecule has 1 heterocycles. The minimum atomic E-state index is 0.542. The highest BCUT2D eigenvalue weighted by Gasteiger charge is 2.02. The van der Waals surface area contributed by atoms with E-state index in [0.717, 1.165) is 17.8 Å². The lowest BCUT2D eigenvalue weighted by atomic mass is 10.5. The molecule has 0 fully saturated rings. The fraction of sp³-hybridized carbons (Fsp3) is 0.444. The van der Waals surface area contributed by atoms with Gasteiger partial charge in [0.1, 0.15) is 5.94 Å². The van der Waals surface area contributed by atoms with Gasteiger partial charge in [-0.2, -0.15) is 4.73 Å². The number of ether oxygens (including phenoxy) is 1. The van der Waals surface area contributed by atoms with Crippen LogP contribution in [0.1, 0.15) is 13.3 Å². The molecule has 0 aliphatic heterocycles. The van der Waals surface area contributed by atoms with E-state index in [9.17, 15) is 5.21 Å². The summed E-state index contributed by atoms with van der Waals surface area (Å²) in [6.07, 6.45) is 2.49. The first-order valence-corrected chi connectivity index (χ1v) is 5.22. The summed E-state index contributed by atoms with van der Waals surface area (Å²) < 4.78 is 6.10. The third kappa shape index (κ3) is 3.65. The molecule has 13 heavy (non-hydrogen) atoms. The second kappa shape index (κ2) is 5.83. The first-order valence-electron chi connectivity index (χ1n) is 4.23. The average molecular weight is 199 g/mol. The summed E-state index contributed by atoms with van der Waals surface area (Å²) in [5.41, 5.74) is 0. The first kappa shape index (κ1) is 10.3. The third-order valence-corrected chi connectivity index (χ3v) is 2.32. The molecule has 1 aromatic heterocycles. The van der Waals surface area contributed by atoms with E-state index >= 15 is 0 Å². The zero-order valence-electron chi connectivity index (χ0n) is 7.60. The zero-order valence-corrected chi connectivity index (χ0v) is 8.42. The number of thioether (sulfide) groups is 1. The van der Waals surface area contributed by atoms with E-state index in [2.05, 4.69) is 6.92 Å². The minimum Gasteiger partial charge on any atom is -0.618 e. The van der Waals surface area contributed by atoms with Crippen molar-refractivity contribution in [3.8, 4) is 0 Å². The quantitative estimate of drug-likeness (QED) is 0.238. The molecule has 0 radical (unpaired) electrons. The van der Waals surface area contributed by atoms with Crippen molar-refractivity contribution in [1.82, 2.24) is 0 Å². The molecule has 0 saturated heterocycles. The van der Waals surface area contributed by atoms with Gasteiger partial charge in [0.05, 0.1) is 0 Å². The molecule has 0 saturated carbocycles. The van der Waals surface area contributed by atoms with E-state index in [1.807, 2.05) is 6.07 Å². The van der Waals surface area contributed by atoms with E-state index in [0.29, 0.717) is 11.0 Å². The van der Waals surface area contributed by atoms with Crippen LogP contribution in [0.5, 0.6) is 0 Å². The van der Waals surface area contributed by atoms with Crippen molar-refractivity contribution in [3.63, 3.8) is 0 Å². The molecule has 1 rings (SSSR count). The lowest BCUT2D eigenvalue weighted by Gasteiger charge is -2.03. The van der Waals surface area contributed by atoms with E-state index < -0.39 is 0 Å². The maximum absolute atomic E-state index is 11.1. The Morgan fingerprint density at radius 1 is 1.54 bits per heavy atom. The van der Waals surface area contributed by atoms with Crippen LogP contribution in [0.2, 0.25) is 0 Å². The molecule has 0 aromatic carbocycles. The van der Waals surface area contributed by atoms with Gasteiger partial charge in [-0.15, -0.1) is 0 Å². The molecular formula is C9H13NO2S. The molecule has 0 unspecified atom stereocenters. The predicted octanol–water partition coefficient (Wildman–Crippen LogP) is 1.80. The van der Waals surface area contributed by atoms with Crippen LogP contribution in [-0.4, -0.2) is 12.5 Å². The Kier molecular flexibility index (Phi) is 4.64. The molecule has 4 heteroatoms. The molecule has 0 bridgehead atoms. The van der Waals surface area contributed by atoms with Crippen molar-refractivity contribution in [2.45, 2.75) is 18.4 Å². The van der Waals surface area contributed by atoms with Crippen LogP contribution >= 0.6 is 11.8 Å². The topological polar surface area (TPSA) is 36.2 Å². The highest BCUT2D eigenvalue weighted by molar-refractivity contribution is 7.99. The number of hydrogen-bond donors (Lipinski definition) is 0. The molecular weight excluding hydrogens is 186 g/mol. The van der Waals surface area contributed by atoms with Gasteiger partial charge in [-0.3, -0.25) is 0 Å². The van der Waals surface area contributed by atoms with E-state index in [4.69, 9.17) is 4.74 Å². The molecule has 72 valence electrons. The summed E-state index contributed by atoms with van der Waals surface area (Å²) in [7, 11) is 0. The van der Waals surface area contributed by atoms with Gasteiger partial charge in [0.25, 0.3) is 5.03 Å². The van der Waals surface area contributed by atoms with E-state index in [-0.39, 0.29) is 0 Å². The third-order valence-electron chi connectivity index (χ3n) is 1.43. The van der Waals surface area contributed by atoms with Crippen LogP contribution in [0.4, 0.5) is 0 Å². The Morgan fingerprint density at radius 3 is 3.08 bits per heavy atom. The van der Waals surface area contributed by atoms with Crippen LogP contribution in [0.3, 0.4) is 0 Å². The zero-order chi connectivity index (χ0) is 9.52. The van der Waals surface area contributed by atoms with E-state index in [1.165, 1.54) is 18.0 Å². The van der Waals surface area contributed by atoms with Crippen LogP contribution in [0.25, 0.3) is 0 Å². The van der Waals surface area contributed by atoms with Crippen LogP contribution in [0.15, 0.2) is 29.4 Å². The largest absolute Gasteiger partial charge is 0.618 e. The smallest absolute Gasteiger partial charge is 0.253 e. The molecule has 0 amide bonds. The fourth-order valence-electron chi connectivity index (χ4n) is 0.830. The molecule has 1 aromatic rings. The number of rotatable bonds is 5. The Labute approximate surface area is 82.3 Å². The average Bonchev–Trinajstić information content (AvgIpc) is 2.15. The Morgan fingerprint density at radius 2 is 2.38 bits per heavy atom. The lowest BCUT2D eigenvalue weighted by molar-refractivity contribution is -0.645. The normalized spacial score (nSPS) is 10.2. The number of pyridine rings is 1. The van der Waals surface area contributed by atoms with Gasteiger partial charge < -0.3 is 9.94 Å². The molecule has 0 N–H and O–H groups in total. The Balaban J connectivity index is 2.32. The number of nitrogens with zero attached hydrogens (tertiary/aromatic N) is 1. The van der Waals surface area contributed by atoms with Gasteiger partial charge >= 0.3 is 0 Å². The van der Waals surface area contributed by atoms with Crippen LogP contribution < -0.4 is 4.73 Å². The molecule has 0 spiro atoms. The maximum Gasteiger partial charge on any atom is 0.253 e. The standard InChI is InChI=1S/C9H13NO2S/c1-2-7-12-8-13-9-5-3-4-6-10(9)11/h3-6H,2,7-8H2,1H3.